The van der Waals surface area contributed by atoms with Crippen LogP contribution in [0.5, 0.6) is 0 Å². The van der Waals surface area contributed by atoms with Gasteiger partial charge in [0, 0.05) is 24.1 Å². The molecule has 0 aliphatic heterocycles. The van der Waals surface area contributed by atoms with E-state index in [1.54, 1.807) is 0 Å². The van der Waals surface area contributed by atoms with Crippen molar-refractivity contribution in [1.29, 1.82) is 0 Å². The molecule has 0 unspecified atom stereocenters. The van der Waals surface area contributed by atoms with Crippen molar-refractivity contribution in [3.05, 3.63) is 33.9 Å². The molecule has 0 atom stereocenters. The minimum atomic E-state index is -1.21. The molecule has 0 aliphatic rings. The molecule has 6 heteroatoms. The minimum absolute atomic E-state index is 0.0360. The molecular weight excluding hydrogens is 252 g/mol. The Balaban J connectivity index is 3.23. The number of Topliss-reactive ketones (excluding diaryl/α,β-unsaturated/α-hetero) is 1. The molecule has 3 nitrogen and oxygen atoms in total. The molecular formula is C11H12ClF2NO2. The molecule has 0 aromatic heterocycles. The lowest BCUT2D eigenvalue weighted by molar-refractivity contribution is 0.0980. The summed E-state index contributed by atoms with van der Waals surface area (Å²) in [6, 6.07) is 1.10. The second kappa shape index (κ2) is 6.05. The molecule has 1 rings (SSSR count). The van der Waals surface area contributed by atoms with Gasteiger partial charge in [-0.25, -0.2) is 8.78 Å². The lowest BCUT2D eigenvalue weighted by Gasteiger charge is -2.09. The van der Waals surface area contributed by atoms with Crippen molar-refractivity contribution in [2.24, 2.45) is 5.73 Å². The van der Waals surface area contributed by atoms with Gasteiger partial charge in [0.15, 0.2) is 17.4 Å². The summed E-state index contributed by atoms with van der Waals surface area (Å²) >= 11 is 5.76. The van der Waals surface area contributed by atoms with Crippen molar-refractivity contribution >= 4 is 17.4 Å². The summed E-state index contributed by atoms with van der Waals surface area (Å²) in [5.74, 6) is -2.94. The Hall–Kier alpha value is -1.04. The second-order valence-electron chi connectivity index (χ2n) is 3.41. The van der Waals surface area contributed by atoms with Crippen LogP contribution in [0.15, 0.2) is 6.07 Å². The van der Waals surface area contributed by atoms with E-state index >= 15 is 0 Å². The third-order valence-electron chi connectivity index (χ3n) is 2.21. The van der Waals surface area contributed by atoms with E-state index < -0.39 is 17.4 Å². The first kappa shape index (κ1) is 14.0. The van der Waals surface area contributed by atoms with E-state index in [2.05, 4.69) is 0 Å². The van der Waals surface area contributed by atoms with Gasteiger partial charge in [0.2, 0.25) is 0 Å². The topological polar surface area (TPSA) is 52.3 Å². The van der Waals surface area contributed by atoms with Gasteiger partial charge in [0.05, 0.1) is 12.2 Å². The molecule has 0 aliphatic carbocycles. The van der Waals surface area contributed by atoms with Crippen LogP contribution >= 0.6 is 11.6 Å². The maximum Gasteiger partial charge on any atom is 0.170 e. The lowest BCUT2D eigenvalue weighted by Crippen LogP contribution is -2.12. The number of ketones is 1. The molecule has 0 fully saturated rings. The van der Waals surface area contributed by atoms with E-state index in [9.17, 15) is 13.6 Å². The zero-order chi connectivity index (χ0) is 13.0. The summed E-state index contributed by atoms with van der Waals surface area (Å²) in [5.41, 5.74) is 4.70. The van der Waals surface area contributed by atoms with Gasteiger partial charge in [-0.2, -0.15) is 0 Å². The molecule has 0 radical (unpaired) electrons. The number of hydrogen-bond donors (Lipinski definition) is 1. The fourth-order valence-corrected chi connectivity index (χ4v) is 1.62. The molecule has 0 saturated heterocycles. The second-order valence-corrected chi connectivity index (χ2v) is 3.81. The van der Waals surface area contributed by atoms with Crippen molar-refractivity contribution in [2.45, 2.75) is 13.0 Å². The Kier molecular flexibility index (Phi) is 4.99. The highest BCUT2D eigenvalue weighted by Crippen LogP contribution is 2.26. The molecule has 0 spiro atoms. The Morgan fingerprint density at radius 1 is 1.47 bits per heavy atom. The van der Waals surface area contributed by atoms with Gasteiger partial charge in [-0.15, -0.1) is 0 Å². The normalized spacial score (nSPS) is 10.6. The monoisotopic (exact) mass is 263 g/mol. The molecule has 0 amide bonds. The van der Waals surface area contributed by atoms with Crippen LogP contribution < -0.4 is 5.73 Å². The number of carbonyl (C=O) groups excluding carboxylic acids is 1. The smallest absolute Gasteiger partial charge is 0.170 e. The van der Waals surface area contributed by atoms with Crippen LogP contribution in [-0.2, 0) is 11.3 Å². The molecule has 2 N–H and O–H groups in total. The highest BCUT2D eigenvalue weighted by atomic mass is 35.5. The van der Waals surface area contributed by atoms with Crippen molar-refractivity contribution in [3.8, 4) is 0 Å². The lowest BCUT2D eigenvalue weighted by atomic mass is 10.0. The predicted molar refractivity (Wildman–Crippen MR) is 60.1 cm³/mol. The number of ether oxygens (including phenoxy) is 1. The van der Waals surface area contributed by atoms with Crippen molar-refractivity contribution in [3.63, 3.8) is 0 Å². The average Bonchev–Trinajstić information content (AvgIpc) is 2.29. The summed E-state index contributed by atoms with van der Waals surface area (Å²) in [6.45, 7) is -0.0930. The molecule has 17 heavy (non-hydrogen) atoms. The zero-order valence-electron chi connectivity index (χ0n) is 9.23. The maximum atomic E-state index is 13.6. The van der Waals surface area contributed by atoms with Crippen molar-refractivity contribution in [2.75, 3.05) is 13.7 Å². The van der Waals surface area contributed by atoms with Gasteiger partial charge >= 0.3 is 0 Å². The molecule has 94 valence electrons. The van der Waals surface area contributed by atoms with Crippen LogP contribution in [-0.4, -0.2) is 19.4 Å². The third-order valence-corrected chi connectivity index (χ3v) is 2.55. The van der Waals surface area contributed by atoms with E-state index in [0.29, 0.717) is 0 Å². The predicted octanol–water partition coefficient (Wildman–Crippen LogP) is 2.30. The van der Waals surface area contributed by atoms with E-state index in [0.717, 1.165) is 6.07 Å². The van der Waals surface area contributed by atoms with Crippen LogP contribution in [0.2, 0.25) is 5.02 Å². The molecule has 1 aromatic carbocycles. The molecule has 1 aromatic rings. The molecule has 0 saturated carbocycles. The Morgan fingerprint density at radius 2 is 2.12 bits per heavy atom. The number of nitrogens with two attached hydrogens (primary N) is 1. The van der Waals surface area contributed by atoms with Gasteiger partial charge in [-0.05, 0) is 12.6 Å². The SMILES string of the molecule is COCc1c(Cl)cc(C(=O)CCN)c(F)c1F. The summed E-state index contributed by atoms with van der Waals surface area (Å²) in [4.78, 5) is 11.5. The highest BCUT2D eigenvalue weighted by Gasteiger charge is 2.21. The number of methoxy groups -OCH3 is 1. The zero-order valence-corrected chi connectivity index (χ0v) is 9.98. The molecule has 0 heterocycles. The largest absolute Gasteiger partial charge is 0.380 e. The van der Waals surface area contributed by atoms with E-state index in [1.165, 1.54) is 7.11 Å². The van der Waals surface area contributed by atoms with Gasteiger partial charge < -0.3 is 10.5 Å². The number of rotatable bonds is 5. The quantitative estimate of drug-likeness (QED) is 0.655. The summed E-state index contributed by atoms with van der Waals surface area (Å²) in [5, 5.41) is -0.0360. The minimum Gasteiger partial charge on any atom is -0.380 e. The van der Waals surface area contributed by atoms with Crippen LogP contribution in [0.4, 0.5) is 8.78 Å². The summed E-state index contributed by atoms with van der Waals surface area (Å²) in [6.07, 6.45) is -0.0592. The van der Waals surface area contributed by atoms with Crippen molar-refractivity contribution in [1.82, 2.24) is 0 Å². The van der Waals surface area contributed by atoms with Crippen LogP contribution in [0.3, 0.4) is 0 Å². The number of hydrogen-bond acceptors (Lipinski definition) is 3. The number of carbonyl (C=O) groups is 1. The fraction of sp³-hybridized carbons (Fsp3) is 0.364. The third kappa shape index (κ3) is 3.00. The fourth-order valence-electron chi connectivity index (χ4n) is 1.38. The van der Waals surface area contributed by atoms with Crippen molar-refractivity contribution < 1.29 is 18.3 Å². The number of benzene rings is 1. The Bertz CT molecular complexity index is 438. The van der Waals surface area contributed by atoms with E-state index in [-0.39, 0.29) is 35.7 Å². The van der Waals surface area contributed by atoms with E-state index in [4.69, 9.17) is 22.1 Å². The number of halogens is 3. The van der Waals surface area contributed by atoms with Crippen LogP contribution in [0.1, 0.15) is 22.3 Å². The Morgan fingerprint density at radius 3 is 2.65 bits per heavy atom. The first-order chi connectivity index (χ1) is 8.02. The van der Waals surface area contributed by atoms with Gasteiger partial charge in [-0.1, -0.05) is 11.6 Å². The summed E-state index contributed by atoms with van der Waals surface area (Å²) < 4.78 is 31.9. The van der Waals surface area contributed by atoms with Gasteiger partial charge in [0.1, 0.15) is 0 Å². The summed E-state index contributed by atoms with van der Waals surface area (Å²) in [7, 11) is 1.33. The van der Waals surface area contributed by atoms with Crippen LogP contribution in [0.25, 0.3) is 0 Å². The first-order valence-electron chi connectivity index (χ1n) is 4.91. The van der Waals surface area contributed by atoms with Gasteiger partial charge in [0.25, 0.3) is 0 Å². The molecule has 0 bridgehead atoms. The first-order valence-corrected chi connectivity index (χ1v) is 5.29. The maximum absolute atomic E-state index is 13.6. The van der Waals surface area contributed by atoms with E-state index in [1.807, 2.05) is 0 Å². The van der Waals surface area contributed by atoms with Crippen LogP contribution in [0, 0.1) is 11.6 Å². The average molecular weight is 264 g/mol. The standard InChI is InChI=1S/C11H12ClF2NO2/c1-17-5-7-8(12)4-6(9(16)2-3-15)10(13)11(7)14/h4H,2-3,5,15H2,1H3. The van der Waals surface area contributed by atoms with Gasteiger partial charge in [-0.3, -0.25) is 4.79 Å². The Labute approximate surface area is 103 Å². The highest BCUT2D eigenvalue weighted by molar-refractivity contribution is 6.31.